The Morgan fingerprint density at radius 1 is 0.886 bits per heavy atom. The van der Waals surface area contributed by atoms with Gasteiger partial charge in [-0.25, -0.2) is 9.97 Å². The number of esters is 1. The molecule has 0 aliphatic heterocycles. The molecular weight excluding hydrogens is 487 g/mol. The molecule has 0 saturated carbocycles. The lowest BCUT2D eigenvalue weighted by atomic mass is 10.0. The van der Waals surface area contributed by atoms with Crippen LogP contribution in [0.3, 0.4) is 0 Å². The minimum atomic E-state index is -0.139. The molecule has 0 aromatic carbocycles. The maximum atomic E-state index is 11.6. The lowest BCUT2D eigenvalue weighted by molar-refractivity contribution is -0.145. The number of carbonyl (C=O) groups excluding carboxylic acids is 1. The summed E-state index contributed by atoms with van der Waals surface area (Å²) in [4.78, 5) is 24.3. The SMILES string of the molecule is Cc1nc2nc(Cl)nc(Cl)c2n1CCCCCCCCCCCCCCCC(=O)OC[C@@H](C)CO. The number of hydrogen-bond acceptors (Lipinski definition) is 6. The van der Waals surface area contributed by atoms with Crippen LogP contribution in [0.4, 0.5) is 0 Å². The molecule has 0 aliphatic rings. The Hall–Kier alpha value is -1.44. The van der Waals surface area contributed by atoms with Crippen LogP contribution in [0.15, 0.2) is 0 Å². The van der Waals surface area contributed by atoms with Crippen LogP contribution in [0.25, 0.3) is 11.2 Å². The zero-order valence-electron chi connectivity index (χ0n) is 21.4. The molecule has 0 unspecified atom stereocenters. The second-order valence-corrected chi connectivity index (χ2v) is 10.3. The van der Waals surface area contributed by atoms with Gasteiger partial charge in [-0.1, -0.05) is 89.2 Å². The Morgan fingerprint density at radius 3 is 2.00 bits per heavy atom. The number of fused-ring (bicyclic) bond motifs is 1. The predicted molar refractivity (Wildman–Crippen MR) is 142 cm³/mol. The van der Waals surface area contributed by atoms with Gasteiger partial charge in [0, 0.05) is 25.5 Å². The first kappa shape index (κ1) is 29.8. The van der Waals surface area contributed by atoms with Gasteiger partial charge in [0.15, 0.2) is 10.8 Å². The molecule has 0 aliphatic carbocycles. The number of rotatable bonds is 19. The Balaban J connectivity index is 1.39. The average molecular weight is 530 g/mol. The summed E-state index contributed by atoms with van der Waals surface area (Å²) in [6.07, 6.45) is 16.3. The fourth-order valence-corrected chi connectivity index (χ4v) is 4.67. The number of aryl methyl sites for hydroxylation is 2. The van der Waals surface area contributed by atoms with Gasteiger partial charge in [-0.05, 0) is 31.4 Å². The van der Waals surface area contributed by atoms with Crippen molar-refractivity contribution in [2.45, 2.75) is 110 Å². The number of carbonyl (C=O) groups is 1. The summed E-state index contributed by atoms with van der Waals surface area (Å²) in [5.41, 5.74) is 1.34. The van der Waals surface area contributed by atoms with Crippen molar-refractivity contribution in [3.63, 3.8) is 0 Å². The smallest absolute Gasteiger partial charge is 0.305 e. The third kappa shape index (κ3) is 11.4. The first-order valence-electron chi connectivity index (χ1n) is 13.2. The fraction of sp³-hybridized carbons (Fsp3) is 0.769. The molecule has 7 nitrogen and oxygen atoms in total. The average Bonchev–Trinajstić information content (AvgIpc) is 3.14. The monoisotopic (exact) mass is 528 g/mol. The Bertz CT molecular complexity index is 891. The number of imidazole rings is 1. The molecule has 9 heteroatoms. The number of aliphatic hydroxyl groups excluding tert-OH is 1. The van der Waals surface area contributed by atoms with Gasteiger partial charge in [-0.3, -0.25) is 4.79 Å². The molecule has 2 aromatic rings. The maximum absolute atomic E-state index is 11.6. The Morgan fingerprint density at radius 2 is 1.43 bits per heavy atom. The predicted octanol–water partition coefficient (Wildman–Crippen LogP) is 7.07. The summed E-state index contributed by atoms with van der Waals surface area (Å²) in [5.74, 6) is 0.777. The van der Waals surface area contributed by atoms with E-state index in [4.69, 9.17) is 33.0 Å². The highest BCUT2D eigenvalue weighted by Crippen LogP contribution is 2.24. The second kappa shape index (κ2) is 17.1. The van der Waals surface area contributed by atoms with Crippen LogP contribution in [0.2, 0.25) is 10.4 Å². The molecule has 0 amide bonds. The molecule has 2 aromatic heterocycles. The van der Waals surface area contributed by atoms with Gasteiger partial charge in [-0.15, -0.1) is 0 Å². The summed E-state index contributed by atoms with van der Waals surface area (Å²) in [6, 6.07) is 0. The lowest BCUT2D eigenvalue weighted by Crippen LogP contribution is -2.14. The van der Waals surface area contributed by atoms with E-state index >= 15 is 0 Å². The van der Waals surface area contributed by atoms with E-state index in [1.54, 1.807) is 0 Å². The van der Waals surface area contributed by atoms with Gasteiger partial charge >= 0.3 is 5.97 Å². The quantitative estimate of drug-likeness (QED) is 0.0906. The standard InChI is InChI=1S/C26H42Cl2N4O3/c1-20(18-33)19-35-22(34)16-14-12-10-8-6-4-3-5-7-9-11-13-15-17-32-21(2)29-25-23(32)24(27)30-26(28)31-25/h20,33H,3-19H2,1-2H3/t20-/m0/s1. The van der Waals surface area contributed by atoms with E-state index in [0.717, 1.165) is 37.1 Å². The van der Waals surface area contributed by atoms with E-state index < -0.39 is 0 Å². The van der Waals surface area contributed by atoms with Crippen LogP contribution in [0.5, 0.6) is 0 Å². The minimum absolute atomic E-state index is 0.0223. The lowest BCUT2D eigenvalue weighted by Gasteiger charge is -2.08. The topological polar surface area (TPSA) is 90.1 Å². The molecule has 0 spiro atoms. The van der Waals surface area contributed by atoms with Crippen molar-refractivity contribution in [1.29, 1.82) is 0 Å². The molecule has 0 saturated heterocycles. The highest BCUT2D eigenvalue weighted by molar-refractivity contribution is 6.35. The van der Waals surface area contributed by atoms with E-state index in [1.165, 1.54) is 64.2 Å². The number of aromatic nitrogens is 4. The van der Waals surface area contributed by atoms with E-state index in [1.807, 2.05) is 13.8 Å². The van der Waals surface area contributed by atoms with E-state index in [2.05, 4.69) is 19.5 Å². The Labute approximate surface area is 220 Å². The summed E-state index contributed by atoms with van der Waals surface area (Å²) in [7, 11) is 0. The number of hydrogen-bond donors (Lipinski definition) is 1. The molecule has 1 atom stereocenters. The highest BCUT2D eigenvalue weighted by atomic mass is 35.5. The molecule has 0 radical (unpaired) electrons. The van der Waals surface area contributed by atoms with Crippen LogP contribution in [-0.4, -0.2) is 43.8 Å². The summed E-state index contributed by atoms with van der Waals surface area (Å²) in [5, 5.41) is 9.43. The third-order valence-electron chi connectivity index (χ3n) is 6.33. The van der Waals surface area contributed by atoms with Gasteiger partial charge in [0.25, 0.3) is 0 Å². The molecule has 2 rings (SSSR count). The van der Waals surface area contributed by atoms with Crippen LogP contribution in [-0.2, 0) is 16.1 Å². The van der Waals surface area contributed by atoms with Gasteiger partial charge in [-0.2, -0.15) is 4.98 Å². The van der Waals surface area contributed by atoms with Crippen molar-refractivity contribution >= 4 is 40.3 Å². The molecular formula is C26H42Cl2N4O3. The third-order valence-corrected chi connectivity index (χ3v) is 6.76. The van der Waals surface area contributed by atoms with Gasteiger partial charge in [0.2, 0.25) is 5.28 Å². The number of nitrogens with zero attached hydrogens (tertiary/aromatic N) is 4. The van der Waals surface area contributed by atoms with E-state index in [0.29, 0.717) is 23.8 Å². The van der Waals surface area contributed by atoms with Gasteiger partial charge in [0.1, 0.15) is 11.3 Å². The first-order chi connectivity index (χ1) is 16.9. The van der Waals surface area contributed by atoms with E-state index in [9.17, 15) is 4.79 Å². The largest absolute Gasteiger partial charge is 0.465 e. The first-order valence-corrected chi connectivity index (χ1v) is 14.0. The van der Waals surface area contributed by atoms with Crippen molar-refractivity contribution < 1.29 is 14.6 Å². The number of aliphatic hydroxyl groups is 1. The maximum Gasteiger partial charge on any atom is 0.305 e. The highest BCUT2D eigenvalue weighted by Gasteiger charge is 2.14. The zero-order chi connectivity index (χ0) is 25.5. The molecule has 0 fully saturated rings. The summed E-state index contributed by atoms with van der Waals surface area (Å²) >= 11 is 12.1. The van der Waals surface area contributed by atoms with Crippen LogP contribution in [0.1, 0.15) is 103 Å². The van der Waals surface area contributed by atoms with Crippen molar-refractivity contribution in [2.24, 2.45) is 5.92 Å². The zero-order valence-corrected chi connectivity index (χ0v) is 22.9. The van der Waals surface area contributed by atoms with Crippen LogP contribution >= 0.6 is 23.2 Å². The van der Waals surface area contributed by atoms with Crippen molar-refractivity contribution in [2.75, 3.05) is 13.2 Å². The minimum Gasteiger partial charge on any atom is -0.465 e. The van der Waals surface area contributed by atoms with Gasteiger partial charge < -0.3 is 14.4 Å². The number of unbranched alkanes of at least 4 members (excludes halogenated alkanes) is 12. The van der Waals surface area contributed by atoms with Gasteiger partial charge in [0.05, 0.1) is 6.61 Å². The molecule has 198 valence electrons. The molecule has 2 heterocycles. The van der Waals surface area contributed by atoms with Crippen molar-refractivity contribution in [3.8, 4) is 0 Å². The second-order valence-electron chi connectivity index (χ2n) is 9.58. The summed E-state index contributed by atoms with van der Waals surface area (Å²) < 4.78 is 7.23. The van der Waals surface area contributed by atoms with Crippen molar-refractivity contribution in [3.05, 3.63) is 16.3 Å². The normalized spacial score (nSPS) is 12.4. The fourth-order valence-electron chi connectivity index (χ4n) is 4.19. The molecule has 35 heavy (non-hydrogen) atoms. The number of ether oxygens (including phenoxy) is 1. The Kier molecular flexibility index (Phi) is 14.5. The van der Waals surface area contributed by atoms with E-state index in [-0.39, 0.29) is 23.8 Å². The molecule has 0 bridgehead atoms. The van der Waals surface area contributed by atoms with Crippen LogP contribution < -0.4 is 0 Å². The van der Waals surface area contributed by atoms with Crippen molar-refractivity contribution in [1.82, 2.24) is 19.5 Å². The summed E-state index contributed by atoms with van der Waals surface area (Å²) in [6.45, 7) is 5.08. The molecule has 1 N–H and O–H groups in total. The van der Waals surface area contributed by atoms with Crippen LogP contribution in [0, 0.1) is 12.8 Å². The number of halogens is 2.